The first-order chi connectivity index (χ1) is 9.81. The number of nitrogens with zero attached hydrogens (tertiary/aromatic N) is 1. The van der Waals surface area contributed by atoms with E-state index in [1.54, 1.807) is 19.2 Å². The van der Waals surface area contributed by atoms with Gasteiger partial charge in [-0.05, 0) is 24.7 Å². The first-order valence-corrected chi connectivity index (χ1v) is 8.00. The number of hydrogen-bond acceptors (Lipinski definition) is 3. The fourth-order valence-electron chi connectivity index (χ4n) is 2.76. The number of anilines is 1. The number of rotatable bonds is 3. The lowest BCUT2D eigenvalue weighted by molar-refractivity contribution is -0.138. The Bertz CT molecular complexity index is 480. The summed E-state index contributed by atoms with van der Waals surface area (Å²) >= 11 is 1.89. The van der Waals surface area contributed by atoms with Gasteiger partial charge in [0.25, 0.3) is 0 Å². The smallest absolute Gasteiger partial charge is 0.369 e. The van der Waals surface area contributed by atoms with Crippen LogP contribution >= 0.6 is 11.8 Å². The van der Waals surface area contributed by atoms with E-state index in [1.165, 1.54) is 6.07 Å². The number of thioether (sulfide) groups is 1. The second kappa shape index (κ2) is 6.48. The van der Waals surface area contributed by atoms with Crippen molar-refractivity contribution in [3.8, 4) is 0 Å². The number of nitrogens with one attached hydrogen (secondary N) is 1. The van der Waals surface area contributed by atoms with Gasteiger partial charge in [0.2, 0.25) is 0 Å². The Morgan fingerprint density at radius 1 is 1.24 bits per heavy atom. The van der Waals surface area contributed by atoms with Gasteiger partial charge in [0.15, 0.2) is 0 Å². The highest BCUT2D eigenvalue weighted by molar-refractivity contribution is 8.00. The van der Waals surface area contributed by atoms with Gasteiger partial charge in [0.1, 0.15) is 0 Å². The average Bonchev–Trinajstić information content (AvgIpc) is 2.37. The molecule has 0 radical (unpaired) electrons. The lowest BCUT2D eigenvalue weighted by Crippen LogP contribution is -2.40. The Morgan fingerprint density at radius 2 is 1.86 bits per heavy atom. The van der Waals surface area contributed by atoms with Gasteiger partial charge >= 0.3 is 6.18 Å². The van der Waals surface area contributed by atoms with E-state index in [0.717, 1.165) is 13.1 Å². The maximum atomic E-state index is 13.2. The van der Waals surface area contributed by atoms with Crippen molar-refractivity contribution in [2.24, 2.45) is 0 Å². The highest BCUT2D eigenvalue weighted by atomic mass is 32.2. The van der Waals surface area contributed by atoms with Crippen LogP contribution in [0, 0.1) is 0 Å². The number of benzene rings is 1. The van der Waals surface area contributed by atoms with Crippen LogP contribution in [0.25, 0.3) is 0 Å². The summed E-state index contributed by atoms with van der Waals surface area (Å²) < 4.78 is 39.7. The highest BCUT2D eigenvalue weighted by Crippen LogP contribution is 2.36. The van der Waals surface area contributed by atoms with E-state index in [9.17, 15) is 13.2 Å². The summed E-state index contributed by atoms with van der Waals surface area (Å²) in [6, 6.07) is 4.69. The van der Waals surface area contributed by atoms with Crippen molar-refractivity contribution in [3.63, 3.8) is 0 Å². The summed E-state index contributed by atoms with van der Waals surface area (Å²) in [5.74, 6) is 0. The Morgan fingerprint density at radius 3 is 2.38 bits per heavy atom. The van der Waals surface area contributed by atoms with E-state index in [1.807, 2.05) is 11.8 Å². The molecule has 2 nitrogen and oxygen atoms in total. The molecule has 21 heavy (non-hydrogen) atoms. The van der Waals surface area contributed by atoms with E-state index in [2.05, 4.69) is 24.1 Å². The van der Waals surface area contributed by atoms with Crippen LogP contribution in [-0.4, -0.2) is 30.6 Å². The lowest BCUT2D eigenvalue weighted by Gasteiger charge is -2.36. The zero-order valence-electron chi connectivity index (χ0n) is 12.5. The summed E-state index contributed by atoms with van der Waals surface area (Å²) in [5, 5.41) is 3.65. The summed E-state index contributed by atoms with van der Waals surface area (Å²) in [6.07, 6.45) is -4.32. The largest absolute Gasteiger partial charge is 0.416 e. The molecule has 0 saturated carbocycles. The minimum absolute atomic E-state index is 0.220. The molecule has 6 heteroatoms. The van der Waals surface area contributed by atoms with E-state index in [-0.39, 0.29) is 6.54 Å². The maximum absolute atomic E-state index is 13.2. The molecule has 1 aromatic carbocycles. The Hall–Kier alpha value is -0.880. The third-order valence-corrected chi connectivity index (χ3v) is 4.78. The molecule has 0 aliphatic carbocycles. The standard InChI is InChI=1S/C15H21F3N2S/c1-10-8-20(9-11(2)21-10)13-5-4-12(7-19-3)14(6-13)15(16,17)18/h4-6,10-11,19H,7-9H2,1-3H3. The van der Waals surface area contributed by atoms with Crippen molar-refractivity contribution >= 4 is 17.4 Å². The molecule has 2 unspecified atom stereocenters. The summed E-state index contributed by atoms with van der Waals surface area (Å²) in [7, 11) is 1.65. The van der Waals surface area contributed by atoms with Crippen molar-refractivity contribution in [2.75, 3.05) is 25.0 Å². The number of hydrogen-bond donors (Lipinski definition) is 1. The zero-order valence-corrected chi connectivity index (χ0v) is 13.3. The Kier molecular flexibility index (Phi) is 5.09. The van der Waals surface area contributed by atoms with Gasteiger partial charge < -0.3 is 10.2 Å². The molecule has 1 aliphatic rings. The molecule has 1 aliphatic heterocycles. The predicted molar refractivity (Wildman–Crippen MR) is 82.9 cm³/mol. The quantitative estimate of drug-likeness (QED) is 0.913. The fourth-order valence-corrected chi connectivity index (χ4v) is 4.08. The van der Waals surface area contributed by atoms with Gasteiger partial charge in [-0.15, -0.1) is 0 Å². The first-order valence-electron chi connectivity index (χ1n) is 7.06. The van der Waals surface area contributed by atoms with Gasteiger partial charge in [-0.25, -0.2) is 0 Å². The second-order valence-corrected chi connectivity index (χ2v) is 7.41. The Balaban J connectivity index is 2.33. The van der Waals surface area contributed by atoms with E-state index < -0.39 is 11.7 Å². The average molecular weight is 318 g/mol. The topological polar surface area (TPSA) is 15.3 Å². The van der Waals surface area contributed by atoms with E-state index in [0.29, 0.717) is 21.8 Å². The molecule has 118 valence electrons. The minimum Gasteiger partial charge on any atom is -0.369 e. The Labute approximate surface area is 128 Å². The van der Waals surface area contributed by atoms with Crippen LogP contribution in [0.1, 0.15) is 25.0 Å². The second-order valence-electron chi connectivity index (χ2n) is 5.53. The lowest BCUT2D eigenvalue weighted by atomic mass is 10.0. The van der Waals surface area contributed by atoms with E-state index >= 15 is 0 Å². The van der Waals surface area contributed by atoms with Gasteiger partial charge in [-0.3, -0.25) is 0 Å². The van der Waals surface area contributed by atoms with Crippen molar-refractivity contribution in [3.05, 3.63) is 29.3 Å². The molecule has 2 rings (SSSR count). The fraction of sp³-hybridized carbons (Fsp3) is 0.600. The van der Waals surface area contributed by atoms with Crippen LogP contribution in [-0.2, 0) is 12.7 Å². The van der Waals surface area contributed by atoms with Crippen LogP contribution < -0.4 is 10.2 Å². The summed E-state index contributed by atoms with van der Waals surface area (Å²) in [6.45, 7) is 6.04. The molecule has 0 amide bonds. The molecule has 1 saturated heterocycles. The van der Waals surface area contributed by atoms with Gasteiger partial charge in [0, 0.05) is 35.8 Å². The molecule has 1 aromatic rings. The molecule has 1 heterocycles. The van der Waals surface area contributed by atoms with Crippen molar-refractivity contribution in [1.82, 2.24) is 5.32 Å². The van der Waals surface area contributed by atoms with Crippen molar-refractivity contribution in [1.29, 1.82) is 0 Å². The molecular weight excluding hydrogens is 297 g/mol. The van der Waals surface area contributed by atoms with Crippen LogP contribution in [0.5, 0.6) is 0 Å². The van der Waals surface area contributed by atoms with Gasteiger partial charge in [-0.1, -0.05) is 19.9 Å². The van der Waals surface area contributed by atoms with Crippen molar-refractivity contribution < 1.29 is 13.2 Å². The zero-order chi connectivity index (χ0) is 15.6. The molecular formula is C15H21F3N2S. The SMILES string of the molecule is CNCc1ccc(N2CC(C)SC(C)C2)cc1C(F)(F)F. The molecule has 0 aromatic heterocycles. The van der Waals surface area contributed by atoms with Gasteiger partial charge in [-0.2, -0.15) is 24.9 Å². The number of halogens is 3. The third-order valence-electron chi connectivity index (χ3n) is 3.55. The summed E-state index contributed by atoms with van der Waals surface area (Å²) in [5.41, 5.74) is 0.426. The predicted octanol–water partition coefficient (Wildman–Crippen LogP) is 3.76. The molecule has 2 atom stereocenters. The van der Waals surface area contributed by atoms with Gasteiger partial charge in [0.05, 0.1) is 5.56 Å². The third kappa shape index (κ3) is 4.07. The van der Waals surface area contributed by atoms with Crippen LogP contribution in [0.3, 0.4) is 0 Å². The normalized spacial score (nSPS) is 23.4. The number of alkyl halides is 3. The molecule has 0 bridgehead atoms. The van der Waals surface area contributed by atoms with Crippen LogP contribution in [0.15, 0.2) is 18.2 Å². The van der Waals surface area contributed by atoms with Crippen LogP contribution in [0.2, 0.25) is 0 Å². The molecule has 0 spiro atoms. The first kappa shape index (κ1) is 16.5. The van der Waals surface area contributed by atoms with Crippen molar-refractivity contribution in [2.45, 2.75) is 37.1 Å². The van der Waals surface area contributed by atoms with E-state index in [4.69, 9.17) is 0 Å². The monoisotopic (exact) mass is 318 g/mol. The minimum atomic E-state index is -4.32. The molecule has 1 N–H and O–H groups in total. The maximum Gasteiger partial charge on any atom is 0.416 e. The highest BCUT2D eigenvalue weighted by Gasteiger charge is 2.34. The summed E-state index contributed by atoms with van der Waals surface area (Å²) in [4.78, 5) is 2.06. The van der Waals surface area contributed by atoms with Crippen LogP contribution in [0.4, 0.5) is 18.9 Å². The molecule has 1 fully saturated rings.